The van der Waals surface area contributed by atoms with Crippen LogP contribution in [0.25, 0.3) is 5.69 Å². The van der Waals surface area contributed by atoms with Gasteiger partial charge in [-0.05, 0) is 60.1 Å². The molecular formula is C17H19N3OS2. The summed E-state index contributed by atoms with van der Waals surface area (Å²) in [5.74, 6) is -0.0224. The molecule has 0 aliphatic rings. The Hall–Kier alpha value is -1.89. The highest BCUT2D eigenvalue weighted by atomic mass is 32.1. The third kappa shape index (κ3) is 3.55. The van der Waals surface area contributed by atoms with Crippen LogP contribution in [0, 0.1) is 0 Å². The lowest BCUT2D eigenvalue weighted by molar-refractivity contribution is 0.0946. The highest BCUT2D eigenvalue weighted by Crippen LogP contribution is 2.23. The standard InChI is InChI=1S/C17H19N3OS2/c1-19(2)15(13-5-9-22-12-13)11-18-17(21)16-14(6-10-23-16)20-7-3-4-8-20/h3-10,12,15H,11H2,1-2H3,(H,18,21)/t15-/m1/s1. The molecule has 23 heavy (non-hydrogen) atoms. The van der Waals surface area contributed by atoms with Gasteiger partial charge in [0.15, 0.2) is 0 Å². The van der Waals surface area contributed by atoms with Crippen LogP contribution < -0.4 is 5.32 Å². The van der Waals surface area contributed by atoms with E-state index in [1.807, 2.05) is 54.6 Å². The summed E-state index contributed by atoms with van der Waals surface area (Å²) in [5.41, 5.74) is 2.16. The normalized spacial score (nSPS) is 12.5. The molecule has 1 N–H and O–H groups in total. The minimum absolute atomic E-state index is 0.0224. The first-order valence-electron chi connectivity index (χ1n) is 7.34. The van der Waals surface area contributed by atoms with Gasteiger partial charge in [-0.15, -0.1) is 11.3 Å². The molecule has 3 aromatic heterocycles. The highest BCUT2D eigenvalue weighted by Gasteiger charge is 2.18. The first-order valence-corrected chi connectivity index (χ1v) is 9.16. The number of hydrogen-bond acceptors (Lipinski definition) is 4. The lowest BCUT2D eigenvalue weighted by Gasteiger charge is -2.24. The van der Waals surface area contributed by atoms with Gasteiger partial charge in [-0.3, -0.25) is 4.79 Å². The van der Waals surface area contributed by atoms with E-state index in [0.29, 0.717) is 6.54 Å². The van der Waals surface area contributed by atoms with Gasteiger partial charge in [0.25, 0.3) is 5.91 Å². The van der Waals surface area contributed by atoms with Gasteiger partial charge < -0.3 is 14.8 Å². The number of likely N-dealkylation sites (N-methyl/N-ethyl adjacent to an activating group) is 1. The van der Waals surface area contributed by atoms with E-state index < -0.39 is 0 Å². The number of rotatable bonds is 6. The molecule has 4 nitrogen and oxygen atoms in total. The van der Waals surface area contributed by atoms with Crippen LogP contribution in [0.3, 0.4) is 0 Å². The highest BCUT2D eigenvalue weighted by molar-refractivity contribution is 7.12. The average Bonchev–Trinajstić information content (AvgIpc) is 3.27. The van der Waals surface area contributed by atoms with Gasteiger partial charge in [-0.2, -0.15) is 11.3 Å². The van der Waals surface area contributed by atoms with Crippen molar-refractivity contribution in [1.29, 1.82) is 0 Å². The molecule has 0 aromatic carbocycles. The topological polar surface area (TPSA) is 37.3 Å². The van der Waals surface area contributed by atoms with Crippen LogP contribution in [0.2, 0.25) is 0 Å². The minimum atomic E-state index is -0.0224. The van der Waals surface area contributed by atoms with Gasteiger partial charge in [0.2, 0.25) is 0 Å². The Morgan fingerprint density at radius 1 is 1.26 bits per heavy atom. The molecule has 3 heterocycles. The van der Waals surface area contributed by atoms with Gasteiger partial charge in [-0.25, -0.2) is 0 Å². The molecule has 0 spiro atoms. The molecule has 0 aliphatic heterocycles. The van der Waals surface area contributed by atoms with Crippen molar-refractivity contribution in [2.24, 2.45) is 0 Å². The summed E-state index contributed by atoms with van der Waals surface area (Å²) in [7, 11) is 4.07. The predicted octanol–water partition coefficient (Wildman–Crippen LogP) is 3.63. The van der Waals surface area contributed by atoms with Crippen molar-refractivity contribution in [3.8, 4) is 5.69 Å². The van der Waals surface area contributed by atoms with Crippen LogP contribution in [0.4, 0.5) is 0 Å². The second-order valence-electron chi connectivity index (χ2n) is 5.47. The summed E-state index contributed by atoms with van der Waals surface area (Å²) in [5, 5.41) is 9.23. The van der Waals surface area contributed by atoms with Crippen molar-refractivity contribution in [3.63, 3.8) is 0 Å². The molecule has 0 radical (unpaired) electrons. The van der Waals surface area contributed by atoms with Gasteiger partial charge >= 0.3 is 0 Å². The zero-order valence-electron chi connectivity index (χ0n) is 13.1. The number of aromatic nitrogens is 1. The Balaban J connectivity index is 1.72. The number of carbonyl (C=O) groups excluding carboxylic acids is 1. The van der Waals surface area contributed by atoms with Crippen LogP contribution >= 0.6 is 22.7 Å². The number of nitrogens with zero attached hydrogens (tertiary/aromatic N) is 2. The Bertz CT molecular complexity index is 745. The smallest absolute Gasteiger partial charge is 0.263 e. The Labute approximate surface area is 144 Å². The van der Waals surface area contributed by atoms with E-state index in [0.717, 1.165) is 10.6 Å². The van der Waals surface area contributed by atoms with Crippen LogP contribution in [0.1, 0.15) is 21.3 Å². The second-order valence-corrected chi connectivity index (χ2v) is 7.17. The van der Waals surface area contributed by atoms with Crippen LogP contribution in [-0.4, -0.2) is 36.0 Å². The number of carbonyl (C=O) groups is 1. The summed E-state index contributed by atoms with van der Waals surface area (Å²) in [4.78, 5) is 15.5. The maximum Gasteiger partial charge on any atom is 0.263 e. The largest absolute Gasteiger partial charge is 0.349 e. The van der Waals surface area contributed by atoms with E-state index >= 15 is 0 Å². The molecule has 3 aromatic rings. The molecule has 3 rings (SSSR count). The summed E-state index contributed by atoms with van der Waals surface area (Å²) in [6.07, 6.45) is 3.90. The second kappa shape index (κ2) is 7.12. The molecule has 0 bridgehead atoms. The van der Waals surface area contributed by atoms with E-state index in [4.69, 9.17) is 0 Å². The van der Waals surface area contributed by atoms with Crippen molar-refractivity contribution in [3.05, 3.63) is 63.2 Å². The Morgan fingerprint density at radius 2 is 2.04 bits per heavy atom. The fraction of sp³-hybridized carbons (Fsp3) is 0.235. The maximum absolute atomic E-state index is 12.6. The molecule has 120 valence electrons. The summed E-state index contributed by atoms with van der Waals surface area (Å²) in [6, 6.07) is 8.18. The van der Waals surface area contributed by atoms with E-state index in [1.165, 1.54) is 16.9 Å². The molecule has 0 saturated heterocycles. The van der Waals surface area contributed by atoms with Gasteiger partial charge in [-0.1, -0.05) is 0 Å². The molecule has 6 heteroatoms. The zero-order valence-corrected chi connectivity index (χ0v) is 14.7. The SMILES string of the molecule is CN(C)[C@H](CNC(=O)c1sccc1-n1cccc1)c1ccsc1. The van der Waals surface area contributed by atoms with Crippen LogP contribution in [0.5, 0.6) is 0 Å². The maximum atomic E-state index is 12.6. The first kappa shape index (κ1) is 16.0. The number of hydrogen-bond donors (Lipinski definition) is 1. The predicted molar refractivity (Wildman–Crippen MR) is 96.7 cm³/mol. The van der Waals surface area contributed by atoms with Gasteiger partial charge in [0, 0.05) is 18.9 Å². The third-order valence-corrected chi connectivity index (χ3v) is 5.34. The molecule has 1 amide bonds. The molecule has 0 aliphatic carbocycles. The lowest BCUT2D eigenvalue weighted by Crippen LogP contribution is -2.34. The number of amides is 1. The molecular weight excluding hydrogens is 326 g/mol. The lowest BCUT2D eigenvalue weighted by atomic mass is 10.1. The van der Waals surface area contributed by atoms with Crippen molar-refractivity contribution in [2.75, 3.05) is 20.6 Å². The van der Waals surface area contributed by atoms with E-state index in [-0.39, 0.29) is 11.9 Å². The fourth-order valence-corrected chi connectivity index (χ4v) is 4.02. The van der Waals surface area contributed by atoms with Crippen molar-refractivity contribution < 1.29 is 4.79 Å². The average molecular weight is 345 g/mol. The van der Waals surface area contributed by atoms with Crippen molar-refractivity contribution in [1.82, 2.24) is 14.8 Å². The summed E-state index contributed by atoms with van der Waals surface area (Å²) >= 11 is 3.15. The zero-order chi connectivity index (χ0) is 16.2. The molecule has 1 atom stereocenters. The van der Waals surface area contributed by atoms with E-state index in [9.17, 15) is 4.79 Å². The van der Waals surface area contributed by atoms with Gasteiger partial charge in [0.1, 0.15) is 4.88 Å². The molecule has 0 saturated carbocycles. The first-order chi connectivity index (χ1) is 11.2. The van der Waals surface area contributed by atoms with E-state index in [1.54, 1.807) is 11.3 Å². The Morgan fingerprint density at radius 3 is 2.70 bits per heavy atom. The molecule has 0 unspecified atom stereocenters. The summed E-state index contributed by atoms with van der Waals surface area (Å²) < 4.78 is 1.97. The molecule has 0 fully saturated rings. The number of nitrogens with one attached hydrogen (secondary N) is 1. The van der Waals surface area contributed by atoms with Crippen molar-refractivity contribution >= 4 is 28.6 Å². The monoisotopic (exact) mass is 345 g/mol. The van der Waals surface area contributed by atoms with Crippen LogP contribution in [-0.2, 0) is 0 Å². The number of thiophene rings is 2. The quantitative estimate of drug-likeness (QED) is 0.741. The third-order valence-electron chi connectivity index (χ3n) is 3.74. The van der Waals surface area contributed by atoms with Crippen LogP contribution in [0.15, 0.2) is 52.8 Å². The summed E-state index contributed by atoms with van der Waals surface area (Å²) in [6.45, 7) is 0.589. The van der Waals surface area contributed by atoms with Crippen molar-refractivity contribution in [2.45, 2.75) is 6.04 Å². The van der Waals surface area contributed by atoms with Gasteiger partial charge in [0.05, 0.1) is 11.7 Å². The fourth-order valence-electron chi connectivity index (χ4n) is 2.50. The minimum Gasteiger partial charge on any atom is -0.349 e. The Kier molecular flexibility index (Phi) is 4.95. The van der Waals surface area contributed by atoms with E-state index in [2.05, 4.69) is 27.0 Å².